The van der Waals surface area contributed by atoms with E-state index in [0.717, 1.165) is 88.1 Å². The maximum atomic E-state index is 6.53. The normalized spacial score (nSPS) is 11.9. The molecule has 0 aliphatic rings. The van der Waals surface area contributed by atoms with E-state index < -0.39 is 0 Å². The number of aromatic nitrogens is 4. The maximum absolute atomic E-state index is 6.53. The van der Waals surface area contributed by atoms with Gasteiger partial charge in [-0.3, -0.25) is 0 Å². The molecule has 0 unspecified atom stereocenters. The molecule has 6 heteroatoms. The smallest absolute Gasteiger partial charge is 0.167 e. The summed E-state index contributed by atoms with van der Waals surface area (Å²) < 4.78 is 15.1. The van der Waals surface area contributed by atoms with Gasteiger partial charge >= 0.3 is 0 Å². The van der Waals surface area contributed by atoms with Gasteiger partial charge in [0, 0.05) is 49.1 Å². The Morgan fingerprint density at radius 1 is 0.351 bits per heavy atom. The summed E-state index contributed by atoms with van der Waals surface area (Å²) in [5.41, 5.74) is 11.4. The molecule has 8 aromatic carbocycles. The van der Waals surface area contributed by atoms with Crippen molar-refractivity contribution in [3.63, 3.8) is 0 Å². The van der Waals surface area contributed by atoms with Gasteiger partial charge in [0.2, 0.25) is 0 Å². The summed E-state index contributed by atoms with van der Waals surface area (Å²) in [5.74, 6) is 1.68. The standard InChI is InChI=1S/C51H30N4O2/c1-2-12-31(13-3-1)32-24-27-34(28-25-32)55-42-20-7-4-16-38(42)47-39(18-11-21-43(47)55)50-52-49(33-26-29-46-41(30-33)36-15-6-8-22-44(36)56-46)53-51(54-50)40-19-10-17-37-35-14-5-9-23-45(35)57-48(37)40/h1-30H. The first-order valence-corrected chi connectivity index (χ1v) is 19.0. The van der Waals surface area contributed by atoms with Crippen molar-refractivity contribution in [1.29, 1.82) is 0 Å². The lowest BCUT2D eigenvalue weighted by atomic mass is 10.0. The highest BCUT2D eigenvalue weighted by atomic mass is 16.3. The Morgan fingerprint density at radius 3 is 1.74 bits per heavy atom. The fourth-order valence-corrected chi connectivity index (χ4v) is 8.45. The molecule has 12 rings (SSSR count). The van der Waals surface area contributed by atoms with Gasteiger partial charge in [-0.2, -0.15) is 0 Å². The molecule has 0 saturated carbocycles. The second-order valence-corrected chi connectivity index (χ2v) is 14.4. The molecule has 0 N–H and O–H groups in total. The van der Waals surface area contributed by atoms with Crippen molar-refractivity contribution in [2.75, 3.05) is 0 Å². The Labute approximate surface area is 325 Å². The van der Waals surface area contributed by atoms with Crippen LogP contribution in [0.5, 0.6) is 0 Å². The van der Waals surface area contributed by atoms with Crippen molar-refractivity contribution >= 4 is 65.7 Å². The minimum absolute atomic E-state index is 0.536. The van der Waals surface area contributed by atoms with Crippen LogP contribution in [0.15, 0.2) is 191 Å². The van der Waals surface area contributed by atoms with E-state index in [-0.39, 0.29) is 0 Å². The minimum Gasteiger partial charge on any atom is -0.456 e. The largest absolute Gasteiger partial charge is 0.456 e. The molecular weight excluding hydrogens is 701 g/mol. The zero-order chi connectivity index (χ0) is 37.5. The second kappa shape index (κ2) is 12.3. The number of rotatable bonds is 5. The summed E-state index contributed by atoms with van der Waals surface area (Å²) >= 11 is 0. The van der Waals surface area contributed by atoms with Crippen LogP contribution < -0.4 is 0 Å². The molecule has 12 aromatic rings. The Hall–Kier alpha value is -7.83. The Kier molecular flexibility index (Phi) is 6.83. The van der Waals surface area contributed by atoms with E-state index in [4.69, 9.17) is 23.8 Å². The van der Waals surface area contributed by atoms with Crippen molar-refractivity contribution in [2.24, 2.45) is 0 Å². The first-order chi connectivity index (χ1) is 28.2. The minimum atomic E-state index is 0.536. The Morgan fingerprint density at radius 2 is 0.912 bits per heavy atom. The Balaban J connectivity index is 1.10. The molecule has 4 aromatic heterocycles. The van der Waals surface area contributed by atoms with Crippen LogP contribution in [0, 0.1) is 0 Å². The van der Waals surface area contributed by atoms with Crippen molar-refractivity contribution in [3.8, 4) is 51.0 Å². The summed E-state index contributed by atoms with van der Waals surface area (Å²) in [4.78, 5) is 15.8. The number of nitrogens with zero attached hydrogens (tertiary/aromatic N) is 4. The molecule has 0 aliphatic heterocycles. The molecular formula is C51H30N4O2. The van der Waals surface area contributed by atoms with Crippen LogP contribution in [0.25, 0.3) is 117 Å². The monoisotopic (exact) mass is 730 g/mol. The predicted octanol–water partition coefficient (Wildman–Crippen LogP) is 13.4. The molecule has 57 heavy (non-hydrogen) atoms. The highest BCUT2D eigenvalue weighted by molar-refractivity contribution is 6.15. The Bertz CT molecular complexity index is 3520. The first kappa shape index (κ1) is 31.5. The number of para-hydroxylation sites is 4. The molecule has 0 aliphatic carbocycles. The highest BCUT2D eigenvalue weighted by Crippen LogP contribution is 2.41. The van der Waals surface area contributed by atoms with Gasteiger partial charge in [0.05, 0.1) is 16.6 Å². The second-order valence-electron chi connectivity index (χ2n) is 14.4. The van der Waals surface area contributed by atoms with Crippen LogP contribution in [-0.2, 0) is 0 Å². The molecule has 4 heterocycles. The van der Waals surface area contributed by atoms with Gasteiger partial charge in [-0.1, -0.05) is 121 Å². The number of benzene rings is 8. The SMILES string of the molecule is c1ccc(-c2ccc(-n3c4ccccc4c4c(-c5nc(-c6ccc7oc8ccccc8c7c6)nc(-c6cccc7c6oc6ccccc67)n5)cccc43)cc2)cc1. The lowest BCUT2D eigenvalue weighted by Gasteiger charge is -2.11. The topological polar surface area (TPSA) is 69.9 Å². The van der Waals surface area contributed by atoms with Gasteiger partial charge < -0.3 is 13.4 Å². The molecule has 0 fully saturated rings. The van der Waals surface area contributed by atoms with Crippen molar-refractivity contribution in [2.45, 2.75) is 0 Å². The lowest BCUT2D eigenvalue weighted by Crippen LogP contribution is -2.01. The summed E-state index contributed by atoms with van der Waals surface area (Å²) in [5, 5.41) is 6.31. The van der Waals surface area contributed by atoms with Crippen molar-refractivity contribution in [1.82, 2.24) is 19.5 Å². The molecule has 0 bridgehead atoms. The quantitative estimate of drug-likeness (QED) is 0.176. The third kappa shape index (κ3) is 4.94. The van der Waals surface area contributed by atoms with Crippen LogP contribution in [0.3, 0.4) is 0 Å². The van der Waals surface area contributed by atoms with E-state index in [1.165, 1.54) is 11.1 Å². The van der Waals surface area contributed by atoms with Gasteiger partial charge in [-0.15, -0.1) is 0 Å². The van der Waals surface area contributed by atoms with Gasteiger partial charge in [-0.25, -0.2) is 15.0 Å². The summed E-state index contributed by atoms with van der Waals surface area (Å²) in [6, 6.07) is 62.8. The van der Waals surface area contributed by atoms with Crippen LogP contribution in [0.2, 0.25) is 0 Å². The summed E-state index contributed by atoms with van der Waals surface area (Å²) in [7, 11) is 0. The van der Waals surface area contributed by atoms with Crippen LogP contribution >= 0.6 is 0 Å². The summed E-state index contributed by atoms with van der Waals surface area (Å²) in [6.45, 7) is 0. The molecule has 0 saturated heterocycles. The van der Waals surface area contributed by atoms with E-state index in [0.29, 0.717) is 17.5 Å². The van der Waals surface area contributed by atoms with E-state index in [9.17, 15) is 0 Å². The third-order valence-electron chi connectivity index (χ3n) is 11.1. The number of fused-ring (bicyclic) bond motifs is 9. The fraction of sp³-hybridized carbons (Fsp3) is 0. The molecule has 0 atom stereocenters. The predicted molar refractivity (Wildman–Crippen MR) is 230 cm³/mol. The van der Waals surface area contributed by atoms with Gasteiger partial charge in [0.15, 0.2) is 17.5 Å². The third-order valence-corrected chi connectivity index (χ3v) is 11.1. The molecule has 0 amide bonds. The highest BCUT2D eigenvalue weighted by Gasteiger charge is 2.22. The van der Waals surface area contributed by atoms with Gasteiger partial charge in [0.25, 0.3) is 0 Å². The zero-order valence-electron chi connectivity index (χ0n) is 30.4. The van der Waals surface area contributed by atoms with Gasteiger partial charge in [0.1, 0.15) is 22.3 Å². The number of hydrogen-bond donors (Lipinski definition) is 0. The van der Waals surface area contributed by atoms with Gasteiger partial charge in [-0.05, 0) is 71.8 Å². The zero-order valence-corrected chi connectivity index (χ0v) is 30.4. The van der Waals surface area contributed by atoms with E-state index in [2.05, 4.69) is 120 Å². The van der Waals surface area contributed by atoms with Crippen molar-refractivity contribution < 1.29 is 8.83 Å². The first-order valence-electron chi connectivity index (χ1n) is 19.0. The fourth-order valence-electron chi connectivity index (χ4n) is 8.45. The average molecular weight is 731 g/mol. The lowest BCUT2D eigenvalue weighted by molar-refractivity contribution is 0.669. The van der Waals surface area contributed by atoms with E-state index in [1.807, 2.05) is 66.7 Å². The molecule has 0 radical (unpaired) electrons. The van der Waals surface area contributed by atoms with E-state index in [1.54, 1.807) is 0 Å². The van der Waals surface area contributed by atoms with Crippen LogP contribution in [-0.4, -0.2) is 19.5 Å². The average Bonchev–Trinajstić information content (AvgIpc) is 3.96. The van der Waals surface area contributed by atoms with Crippen LogP contribution in [0.1, 0.15) is 0 Å². The van der Waals surface area contributed by atoms with Crippen LogP contribution in [0.4, 0.5) is 0 Å². The van der Waals surface area contributed by atoms with Crippen molar-refractivity contribution in [3.05, 3.63) is 182 Å². The number of hydrogen-bond acceptors (Lipinski definition) is 5. The summed E-state index contributed by atoms with van der Waals surface area (Å²) in [6.07, 6.45) is 0. The molecule has 266 valence electrons. The molecule has 6 nitrogen and oxygen atoms in total. The molecule has 0 spiro atoms. The van der Waals surface area contributed by atoms with E-state index >= 15 is 0 Å². The number of furan rings is 2. The maximum Gasteiger partial charge on any atom is 0.167 e.